The third-order valence-corrected chi connectivity index (χ3v) is 4.07. The van der Waals surface area contributed by atoms with E-state index in [1.165, 1.54) is 71.2 Å². The number of rotatable bonds is 8. The third-order valence-electron chi connectivity index (χ3n) is 4.07. The van der Waals surface area contributed by atoms with E-state index in [1.54, 1.807) is 0 Å². The Kier molecular flexibility index (Phi) is 7.14. The average Bonchev–Trinajstić information content (AvgIpc) is 2.33. The molecule has 0 aromatic heterocycles. The van der Waals surface area contributed by atoms with Crippen LogP contribution in [0, 0.1) is 5.41 Å². The van der Waals surface area contributed by atoms with Crippen LogP contribution < -0.4 is 5.32 Å². The second kappa shape index (κ2) is 8.10. The first-order chi connectivity index (χ1) is 8.20. The predicted molar refractivity (Wildman–Crippen MR) is 76.5 cm³/mol. The molecule has 1 fully saturated rings. The second-order valence-electron chi connectivity index (χ2n) is 6.04. The molecule has 2 heteroatoms. The molecular formula is C15H32N2. The zero-order valence-corrected chi connectivity index (χ0v) is 12.2. The van der Waals surface area contributed by atoms with Crippen molar-refractivity contribution in [1.82, 2.24) is 10.2 Å². The lowest BCUT2D eigenvalue weighted by Crippen LogP contribution is -2.43. The van der Waals surface area contributed by atoms with Gasteiger partial charge in [0.1, 0.15) is 0 Å². The van der Waals surface area contributed by atoms with Crippen molar-refractivity contribution in [1.29, 1.82) is 0 Å². The molecule has 0 atom stereocenters. The zero-order valence-electron chi connectivity index (χ0n) is 12.2. The molecule has 1 aliphatic rings. The van der Waals surface area contributed by atoms with Crippen LogP contribution in [0.4, 0.5) is 0 Å². The average molecular weight is 240 g/mol. The number of nitrogens with one attached hydrogen (secondary N) is 1. The monoisotopic (exact) mass is 240 g/mol. The molecular weight excluding hydrogens is 208 g/mol. The van der Waals surface area contributed by atoms with E-state index >= 15 is 0 Å². The molecule has 0 amide bonds. The van der Waals surface area contributed by atoms with Gasteiger partial charge in [-0.3, -0.25) is 0 Å². The quantitative estimate of drug-likeness (QED) is 0.700. The fraction of sp³-hybridized carbons (Fsp3) is 1.00. The van der Waals surface area contributed by atoms with Crippen molar-refractivity contribution in [3.8, 4) is 0 Å². The van der Waals surface area contributed by atoms with E-state index in [9.17, 15) is 0 Å². The van der Waals surface area contributed by atoms with Crippen molar-refractivity contribution in [3.63, 3.8) is 0 Å². The second-order valence-corrected chi connectivity index (χ2v) is 6.04. The zero-order chi connectivity index (χ0) is 12.6. The molecule has 1 aliphatic heterocycles. The van der Waals surface area contributed by atoms with E-state index in [4.69, 9.17) is 0 Å². The minimum atomic E-state index is 0.562. The van der Waals surface area contributed by atoms with Crippen molar-refractivity contribution in [2.75, 3.05) is 32.7 Å². The molecule has 102 valence electrons. The van der Waals surface area contributed by atoms with Gasteiger partial charge in [0.15, 0.2) is 0 Å². The Bertz CT molecular complexity index is 177. The number of hydrogen-bond donors (Lipinski definition) is 1. The molecule has 0 spiro atoms. The van der Waals surface area contributed by atoms with Crippen molar-refractivity contribution in [2.24, 2.45) is 5.41 Å². The Morgan fingerprint density at radius 2 is 1.53 bits per heavy atom. The topological polar surface area (TPSA) is 15.3 Å². The summed E-state index contributed by atoms with van der Waals surface area (Å²) in [5.74, 6) is 0. The highest BCUT2D eigenvalue weighted by molar-refractivity contribution is 4.83. The number of piperidine rings is 1. The first kappa shape index (κ1) is 15.0. The fourth-order valence-electron chi connectivity index (χ4n) is 2.76. The smallest absolute Gasteiger partial charge is 0.00363 e. The molecule has 1 heterocycles. The lowest BCUT2D eigenvalue weighted by Gasteiger charge is -2.38. The third kappa shape index (κ3) is 5.87. The SMILES string of the molecule is CCCCN(CCCC)CC1(C)CCNCC1. The molecule has 0 aliphatic carbocycles. The standard InChI is InChI=1S/C15H32N2/c1-4-6-12-17(13-7-5-2)14-15(3)8-10-16-11-9-15/h16H,4-14H2,1-3H3. The van der Waals surface area contributed by atoms with E-state index in [0.717, 1.165) is 0 Å². The van der Waals surface area contributed by atoms with Crippen molar-refractivity contribution >= 4 is 0 Å². The molecule has 1 N–H and O–H groups in total. The summed E-state index contributed by atoms with van der Waals surface area (Å²) in [6.45, 7) is 13.4. The van der Waals surface area contributed by atoms with Gasteiger partial charge in [0.05, 0.1) is 0 Å². The molecule has 0 aromatic rings. The molecule has 2 nitrogen and oxygen atoms in total. The van der Waals surface area contributed by atoms with E-state index in [1.807, 2.05) is 0 Å². The van der Waals surface area contributed by atoms with Gasteiger partial charge in [0.2, 0.25) is 0 Å². The van der Waals surface area contributed by atoms with E-state index in [2.05, 4.69) is 31.0 Å². The molecule has 0 aromatic carbocycles. The summed E-state index contributed by atoms with van der Waals surface area (Å²) in [5.41, 5.74) is 0.562. The summed E-state index contributed by atoms with van der Waals surface area (Å²) < 4.78 is 0. The Balaban J connectivity index is 2.38. The lowest BCUT2D eigenvalue weighted by molar-refractivity contribution is 0.125. The van der Waals surface area contributed by atoms with Gasteiger partial charge >= 0.3 is 0 Å². The van der Waals surface area contributed by atoms with Gasteiger partial charge in [-0.25, -0.2) is 0 Å². The Morgan fingerprint density at radius 1 is 1.00 bits per heavy atom. The maximum atomic E-state index is 3.48. The number of hydrogen-bond acceptors (Lipinski definition) is 2. The molecule has 1 rings (SSSR count). The summed E-state index contributed by atoms with van der Waals surface area (Å²) in [5, 5.41) is 3.48. The van der Waals surface area contributed by atoms with E-state index in [0.29, 0.717) is 5.41 Å². The van der Waals surface area contributed by atoms with Gasteiger partial charge in [-0.05, 0) is 57.3 Å². The van der Waals surface area contributed by atoms with Gasteiger partial charge < -0.3 is 10.2 Å². The summed E-state index contributed by atoms with van der Waals surface area (Å²) in [7, 11) is 0. The van der Waals surface area contributed by atoms with Crippen LogP contribution in [0.3, 0.4) is 0 Å². The highest BCUT2D eigenvalue weighted by Crippen LogP contribution is 2.29. The van der Waals surface area contributed by atoms with Crippen LogP contribution in [0.25, 0.3) is 0 Å². The van der Waals surface area contributed by atoms with Gasteiger partial charge in [-0.2, -0.15) is 0 Å². The van der Waals surface area contributed by atoms with Crippen molar-refractivity contribution in [2.45, 2.75) is 59.3 Å². The van der Waals surface area contributed by atoms with Gasteiger partial charge in [-0.1, -0.05) is 33.6 Å². The van der Waals surface area contributed by atoms with Crippen LogP contribution in [0.1, 0.15) is 59.3 Å². The van der Waals surface area contributed by atoms with Gasteiger partial charge in [-0.15, -0.1) is 0 Å². The molecule has 1 saturated heterocycles. The molecule has 0 unspecified atom stereocenters. The Morgan fingerprint density at radius 3 is 2.00 bits per heavy atom. The van der Waals surface area contributed by atoms with Crippen molar-refractivity contribution < 1.29 is 0 Å². The largest absolute Gasteiger partial charge is 0.317 e. The maximum absolute atomic E-state index is 3.48. The highest BCUT2D eigenvalue weighted by Gasteiger charge is 2.28. The van der Waals surface area contributed by atoms with Crippen LogP contribution in [0.2, 0.25) is 0 Å². The van der Waals surface area contributed by atoms with Crippen LogP contribution in [-0.4, -0.2) is 37.6 Å². The first-order valence-corrected chi connectivity index (χ1v) is 7.63. The Labute approximate surface area is 108 Å². The van der Waals surface area contributed by atoms with Crippen LogP contribution in [-0.2, 0) is 0 Å². The van der Waals surface area contributed by atoms with Crippen molar-refractivity contribution in [3.05, 3.63) is 0 Å². The molecule has 0 saturated carbocycles. The summed E-state index contributed by atoms with van der Waals surface area (Å²) >= 11 is 0. The molecule has 17 heavy (non-hydrogen) atoms. The van der Waals surface area contributed by atoms with Gasteiger partial charge in [0.25, 0.3) is 0 Å². The number of nitrogens with zero attached hydrogens (tertiary/aromatic N) is 1. The predicted octanol–water partition coefficient (Wildman–Crippen LogP) is 3.28. The molecule has 0 radical (unpaired) electrons. The van der Waals surface area contributed by atoms with Crippen LogP contribution >= 0.6 is 0 Å². The normalized spacial score (nSPS) is 19.8. The lowest BCUT2D eigenvalue weighted by atomic mass is 9.80. The van der Waals surface area contributed by atoms with Crippen LogP contribution in [0.15, 0.2) is 0 Å². The van der Waals surface area contributed by atoms with Crippen LogP contribution in [0.5, 0.6) is 0 Å². The van der Waals surface area contributed by atoms with Gasteiger partial charge in [0, 0.05) is 6.54 Å². The first-order valence-electron chi connectivity index (χ1n) is 7.63. The summed E-state index contributed by atoms with van der Waals surface area (Å²) in [6.07, 6.45) is 8.06. The Hall–Kier alpha value is -0.0800. The number of unbranched alkanes of at least 4 members (excludes halogenated alkanes) is 2. The molecule has 0 bridgehead atoms. The maximum Gasteiger partial charge on any atom is 0.00363 e. The fourth-order valence-corrected chi connectivity index (χ4v) is 2.76. The van der Waals surface area contributed by atoms with E-state index in [-0.39, 0.29) is 0 Å². The van der Waals surface area contributed by atoms with E-state index < -0.39 is 0 Å². The highest BCUT2D eigenvalue weighted by atomic mass is 15.1. The summed E-state index contributed by atoms with van der Waals surface area (Å²) in [6, 6.07) is 0. The summed E-state index contributed by atoms with van der Waals surface area (Å²) in [4.78, 5) is 2.72. The minimum Gasteiger partial charge on any atom is -0.317 e. The minimum absolute atomic E-state index is 0.562.